The quantitative estimate of drug-likeness (QED) is 0.240. The third kappa shape index (κ3) is 7.28. The van der Waals surface area contributed by atoms with Gasteiger partial charge in [0.25, 0.3) is 6.47 Å². The Hall–Kier alpha value is -1.42. The van der Waals surface area contributed by atoms with Gasteiger partial charge in [-0.25, -0.2) is 0 Å². The van der Waals surface area contributed by atoms with Gasteiger partial charge in [0.1, 0.15) is 0 Å². The lowest BCUT2D eigenvalue weighted by Gasteiger charge is -2.32. The smallest absolute Gasteiger partial charge is 0.295 e. The van der Waals surface area contributed by atoms with Crippen LogP contribution >= 0.6 is 0 Å². The zero-order valence-corrected chi connectivity index (χ0v) is 21.8. The predicted octanol–water partition coefficient (Wildman–Crippen LogP) is 7.13. The average molecular weight is 461 g/mol. The molecule has 5 rings (SSSR count). The standard InChI is InChI=1S/C13H20O3.C8H14.C6H8O.C2H6/c1-8(15-7-14)16-13-6-9-5-12(13)11-4-2-3-10(9)11;1-6-4-7-2-3-8(6)5-7;1-4-6(7)5(2)3;1-2/h7-13H,2-6H2,1H3;6-8H,2-5H2,1H3;4H,1-2H2,3H3;1-2H3. The van der Waals surface area contributed by atoms with Crippen LogP contribution < -0.4 is 0 Å². The molecule has 4 heteroatoms. The summed E-state index contributed by atoms with van der Waals surface area (Å²) in [6.45, 7) is 17.0. The SMILES string of the molecule is C=CC(=O)C(=C)C.CC.CC(OC=O)OC1CC2CC1C1CCCC21.CC1CC2CCC1C2. The lowest BCUT2D eigenvalue weighted by atomic mass is 9.80. The van der Waals surface area contributed by atoms with Gasteiger partial charge in [-0.2, -0.15) is 0 Å². The van der Waals surface area contributed by atoms with Gasteiger partial charge in [0, 0.05) is 0 Å². The Morgan fingerprint density at radius 3 is 2.12 bits per heavy atom. The largest absolute Gasteiger partial charge is 0.438 e. The summed E-state index contributed by atoms with van der Waals surface area (Å²) >= 11 is 0. The predicted molar refractivity (Wildman–Crippen MR) is 135 cm³/mol. The van der Waals surface area contributed by atoms with Crippen molar-refractivity contribution in [2.45, 2.75) is 105 Å². The number of ketones is 1. The molecule has 9 unspecified atom stereocenters. The Labute approximate surface area is 202 Å². The van der Waals surface area contributed by atoms with Gasteiger partial charge in [-0.15, -0.1) is 0 Å². The summed E-state index contributed by atoms with van der Waals surface area (Å²) in [7, 11) is 0. The first kappa shape index (κ1) is 27.8. The molecule has 0 saturated heterocycles. The highest BCUT2D eigenvalue weighted by Gasteiger charge is 2.54. The third-order valence-electron chi connectivity index (χ3n) is 8.68. The number of hydrogen-bond donors (Lipinski definition) is 0. The summed E-state index contributed by atoms with van der Waals surface area (Å²) in [5.74, 6) is 6.82. The van der Waals surface area contributed by atoms with Crippen LogP contribution in [0.3, 0.4) is 0 Å². The zero-order valence-electron chi connectivity index (χ0n) is 21.8. The van der Waals surface area contributed by atoms with Crippen LogP contribution in [0.5, 0.6) is 0 Å². The van der Waals surface area contributed by atoms with E-state index in [2.05, 4.69) is 20.1 Å². The number of hydrogen-bond acceptors (Lipinski definition) is 4. The highest BCUT2D eigenvalue weighted by atomic mass is 16.7. The minimum absolute atomic E-state index is 0.0833. The van der Waals surface area contributed by atoms with Crippen molar-refractivity contribution in [2.24, 2.45) is 41.4 Å². The van der Waals surface area contributed by atoms with Crippen LogP contribution in [-0.4, -0.2) is 24.6 Å². The zero-order chi connectivity index (χ0) is 24.5. The first-order valence-electron chi connectivity index (χ1n) is 13.4. The molecule has 5 saturated carbocycles. The molecule has 0 spiro atoms. The second-order valence-corrected chi connectivity index (χ2v) is 10.6. The molecule has 9 atom stereocenters. The van der Waals surface area contributed by atoms with Crippen molar-refractivity contribution in [3.8, 4) is 0 Å². The second kappa shape index (κ2) is 13.5. The monoisotopic (exact) mass is 460 g/mol. The van der Waals surface area contributed by atoms with Gasteiger partial charge in [-0.3, -0.25) is 9.59 Å². The summed E-state index contributed by atoms with van der Waals surface area (Å²) < 4.78 is 10.7. The minimum Gasteiger partial charge on any atom is -0.438 e. The molecule has 188 valence electrons. The van der Waals surface area contributed by atoms with Crippen molar-refractivity contribution in [1.82, 2.24) is 0 Å². The topological polar surface area (TPSA) is 52.6 Å². The fourth-order valence-corrected chi connectivity index (χ4v) is 7.26. The lowest BCUT2D eigenvalue weighted by molar-refractivity contribution is -0.179. The van der Waals surface area contributed by atoms with E-state index in [4.69, 9.17) is 9.47 Å². The molecule has 0 amide bonds. The molecule has 0 aromatic heterocycles. The van der Waals surface area contributed by atoms with Crippen molar-refractivity contribution in [2.75, 3.05) is 0 Å². The molecule has 33 heavy (non-hydrogen) atoms. The summed E-state index contributed by atoms with van der Waals surface area (Å²) in [5, 5.41) is 0. The summed E-state index contributed by atoms with van der Waals surface area (Å²) in [4.78, 5) is 20.5. The molecule has 4 nitrogen and oxygen atoms in total. The highest BCUT2D eigenvalue weighted by Crippen LogP contribution is 2.59. The van der Waals surface area contributed by atoms with Gasteiger partial charge < -0.3 is 9.47 Å². The fraction of sp³-hybridized carbons (Fsp3) is 0.793. The van der Waals surface area contributed by atoms with Gasteiger partial charge in [0.2, 0.25) is 0 Å². The maximum Gasteiger partial charge on any atom is 0.295 e. The molecule has 0 radical (unpaired) electrons. The number of allylic oxidation sites excluding steroid dienone is 2. The number of ether oxygens (including phenoxy) is 2. The number of carbonyl (C=O) groups excluding carboxylic acids is 2. The van der Waals surface area contributed by atoms with E-state index in [0.717, 1.165) is 41.4 Å². The van der Waals surface area contributed by atoms with E-state index < -0.39 is 0 Å². The number of carbonyl (C=O) groups is 2. The van der Waals surface area contributed by atoms with Crippen molar-refractivity contribution >= 4 is 12.3 Å². The molecule has 0 aromatic rings. The van der Waals surface area contributed by atoms with E-state index in [1.54, 1.807) is 32.6 Å². The molecule has 5 aliphatic carbocycles. The van der Waals surface area contributed by atoms with E-state index in [9.17, 15) is 9.59 Å². The molecule has 0 heterocycles. The molecule has 5 fully saturated rings. The Kier molecular flexibility index (Phi) is 11.4. The second-order valence-electron chi connectivity index (χ2n) is 10.6. The Morgan fingerprint density at radius 1 is 0.970 bits per heavy atom. The average Bonchev–Trinajstić information content (AvgIpc) is 3.60. The van der Waals surface area contributed by atoms with Crippen molar-refractivity contribution < 1.29 is 19.1 Å². The van der Waals surface area contributed by atoms with E-state index in [-0.39, 0.29) is 12.1 Å². The van der Waals surface area contributed by atoms with E-state index >= 15 is 0 Å². The summed E-state index contributed by atoms with van der Waals surface area (Å²) in [6, 6.07) is 0. The first-order valence-corrected chi connectivity index (χ1v) is 13.4. The van der Waals surface area contributed by atoms with E-state index in [1.165, 1.54) is 38.2 Å². The first-order chi connectivity index (χ1) is 15.8. The van der Waals surface area contributed by atoms with Gasteiger partial charge in [0.05, 0.1) is 6.10 Å². The molecule has 0 aliphatic heterocycles. The van der Waals surface area contributed by atoms with Crippen LogP contribution in [0.25, 0.3) is 0 Å². The lowest BCUT2D eigenvalue weighted by Crippen LogP contribution is -2.33. The molecule has 4 bridgehead atoms. The van der Waals surface area contributed by atoms with Crippen LogP contribution in [-0.2, 0) is 19.1 Å². The van der Waals surface area contributed by atoms with E-state index in [1.807, 2.05) is 20.8 Å². The molecule has 0 N–H and O–H groups in total. The van der Waals surface area contributed by atoms with Gasteiger partial charge in [-0.05, 0) is 112 Å². The maximum absolute atomic E-state index is 10.3. The fourth-order valence-electron chi connectivity index (χ4n) is 7.26. The molecular weight excluding hydrogens is 412 g/mol. The van der Waals surface area contributed by atoms with Crippen molar-refractivity contribution in [1.29, 1.82) is 0 Å². The van der Waals surface area contributed by atoms with Crippen LogP contribution in [0.15, 0.2) is 24.8 Å². The normalized spacial score (nSPS) is 37.2. The summed E-state index contributed by atoms with van der Waals surface area (Å²) in [5.41, 5.74) is 0.537. The maximum atomic E-state index is 10.3. The van der Waals surface area contributed by atoms with Crippen LogP contribution in [0, 0.1) is 41.4 Å². The third-order valence-corrected chi connectivity index (χ3v) is 8.68. The molecule has 0 aromatic carbocycles. The Bertz CT molecular complexity index is 654. The summed E-state index contributed by atoms with van der Waals surface area (Å²) in [6.07, 6.45) is 14.2. The molecular formula is C29H48O4. The van der Waals surface area contributed by atoms with Gasteiger partial charge in [0.15, 0.2) is 12.1 Å². The van der Waals surface area contributed by atoms with Crippen molar-refractivity contribution in [3.05, 3.63) is 24.8 Å². The van der Waals surface area contributed by atoms with Crippen molar-refractivity contribution in [3.63, 3.8) is 0 Å². The number of fused-ring (bicyclic) bond motifs is 7. The van der Waals surface area contributed by atoms with Gasteiger partial charge >= 0.3 is 0 Å². The molecule has 5 aliphatic rings. The highest BCUT2D eigenvalue weighted by molar-refractivity contribution is 6.02. The van der Waals surface area contributed by atoms with Crippen LogP contribution in [0.1, 0.15) is 92.4 Å². The number of rotatable bonds is 6. The minimum atomic E-state index is -0.373. The Morgan fingerprint density at radius 2 is 1.67 bits per heavy atom. The van der Waals surface area contributed by atoms with Crippen LogP contribution in [0.4, 0.5) is 0 Å². The van der Waals surface area contributed by atoms with Crippen LogP contribution in [0.2, 0.25) is 0 Å². The van der Waals surface area contributed by atoms with Gasteiger partial charge in [-0.1, -0.05) is 46.8 Å². The van der Waals surface area contributed by atoms with E-state index in [0.29, 0.717) is 18.1 Å². The Balaban J connectivity index is 0.000000191.